The molecule has 94 valence electrons. The Hall–Kier alpha value is -1.74. The Morgan fingerprint density at radius 1 is 1.28 bits per heavy atom. The molecular formula is C14H13ClFNO. The van der Waals surface area contributed by atoms with E-state index >= 15 is 0 Å². The van der Waals surface area contributed by atoms with Crippen LogP contribution in [0.25, 0.3) is 11.1 Å². The van der Waals surface area contributed by atoms with E-state index in [2.05, 4.69) is 0 Å². The second-order valence-electron chi connectivity index (χ2n) is 3.82. The van der Waals surface area contributed by atoms with Gasteiger partial charge in [0.25, 0.3) is 0 Å². The van der Waals surface area contributed by atoms with Gasteiger partial charge in [-0.2, -0.15) is 0 Å². The third kappa shape index (κ3) is 2.57. The maximum absolute atomic E-state index is 14.2. The highest BCUT2D eigenvalue weighted by molar-refractivity contribution is 6.31. The zero-order valence-electron chi connectivity index (χ0n) is 9.91. The molecule has 0 bridgehead atoms. The standard InChI is InChI=1S/C14H13ClFNO/c1-2-18-13-5-3-4-12(14(13)16)9-6-10(15)8-11(17)7-9/h3-8H,2,17H2,1H3. The lowest BCUT2D eigenvalue weighted by Gasteiger charge is -2.10. The third-order valence-corrected chi connectivity index (χ3v) is 2.71. The normalized spacial score (nSPS) is 10.4. The van der Waals surface area contributed by atoms with Gasteiger partial charge in [-0.05, 0) is 36.8 Å². The quantitative estimate of drug-likeness (QED) is 0.847. The van der Waals surface area contributed by atoms with E-state index in [0.29, 0.717) is 28.4 Å². The van der Waals surface area contributed by atoms with Gasteiger partial charge < -0.3 is 10.5 Å². The first kappa shape index (κ1) is 12.7. The minimum atomic E-state index is -0.402. The third-order valence-electron chi connectivity index (χ3n) is 2.49. The number of nitrogen functional groups attached to an aromatic ring is 1. The number of nitrogens with two attached hydrogens (primary N) is 1. The molecule has 4 heteroatoms. The Balaban J connectivity index is 2.53. The van der Waals surface area contributed by atoms with Crippen LogP contribution in [0.4, 0.5) is 10.1 Å². The van der Waals surface area contributed by atoms with Crippen molar-refractivity contribution >= 4 is 17.3 Å². The molecule has 0 aromatic heterocycles. The van der Waals surface area contributed by atoms with Crippen molar-refractivity contribution in [2.75, 3.05) is 12.3 Å². The molecule has 0 amide bonds. The highest BCUT2D eigenvalue weighted by Gasteiger charge is 2.11. The lowest BCUT2D eigenvalue weighted by molar-refractivity contribution is 0.322. The van der Waals surface area contributed by atoms with Crippen molar-refractivity contribution in [3.05, 3.63) is 47.2 Å². The molecule has 2 nitrogen and oxygen atoms in total. The summed E-state index contributed by atoms with van der Waals surface area (Å²) in [6.45, 7) is 2.22. The highest BCUT2D eigenvalue weighted by Crippen LogP contribution is 2.31. The van der Waals surface area contributed by atoms with Gasteiger partial charge in [0.2, 0.25) is 0 Å². The van der Waals surface area contributed by atoms with Crippen LogP contribution in [0.2, 0.25) is 5.02 Å². The molecule has 0 fully saturated rings. The smallest absolute Gasteiger partial charge is 0.172 e. The van der Waals surface area contributed by atoms with Crippen molar-refractivity contribution in [3.63, 3.8) is 0 Å². The summed E-state index contributed by atoms with van der Waals surface area (Å²) in [5, 5.41) is 0.478. The summed E-state index contributed by atoms with van der Waals surface area (Å²) in [7, 11) is 0. The fourth-order valence-corrected chi connectivity index (χ4v) is 2.01. The summed E-state index contributed by atoms with van der Waals surface area (Å²) < 4.78 is 19.4. The number of rotatable bonds is 3. The van der Waals surface area contributed by atoms with Crippen LogP contribution >= 0.6 is 11.6 Å². The monoisotopic (exact) mass is 265 g/mol. The Kier molecular flexibility index (Phi) is 3.72. The molecule has 0 radical (unpaired) electrons. The minimum Gasteiger partial charge on any atom is -0.491 e. The van der Waals surface area contributed by atoms with Gasteiger partial charge in [-0.25, -0.2) is 4.39 Å². The second kappa shape index (κ2) is 5.27. The van der Waals surface area contributed by atoms with E-state index in [4.69, 9.17) is 22.1 Å². The van der Waals surface area contributed by atoms with Crippen molar-refractivity contribution in [1.29, 1.82) is 0 Å². The lowest BCUT2D eigenvalue weighted by Crippen LogP contribution is -1.96. The van der Waals surface area contributed by atoms with Crippen LogP contribution in [-0.2, 0) is 0 Å². The average molecular weight is 266 g/mol. The molecule has 0 saturated heterocycles. The first-order valence-electron chi connectivity index (χ1n) is 5.59. The molecule has 0 aliphatic rings. The van der Waals surface area contributed by atoms with Gasteiger partial charge in [0.05, 0.1) is 6.61 Å². The summed E-state index contributed by atoms with van der Waals surface area (Å²) in [6, 6.07) is 9.97. The zero-order chi connectivity index (χ0) is 13.1. The molecule has 0 heterocycles. The maximum Gasteiger partial charge on any atom is 0.172 e. The van der Waals surface area contributed by atoms with Crippen LogP contribution in [0.5, 0.6) is 5.75 Å². The largest absolute Gasteiger partial charge is 0.491 e. The van der Waals surface area contributed by atoms with E-state index in [1.807, 2.05) is 6.92 Å². The van der Waals surface area contributed by atoms with E-state index in [1.165, 1.54) is 0 Å². The van der Waals surface area contributed by atoms with Gasteiger partial charge in [-0.3, -0.25) is 0 Å². The molecule has 2 rings (SSSR count). The van der Waals surface area contributed by atoms with Gasteiger partial charge in [0.1, 0.15) is 0 Å². The van der Waals surface area contributed by atoms with E-state index < -0.39 is 5.82 Å². The van der Waals surface area contributed by atoms with E-state index in [9.17, 15) is 4.39 Å². The molecule has 0 unspecified atom stereocenters. The molecule has 0 aliphatic carbocycles. The maximum atomic E-state index is 14.2. The van der Waals surface area contributed by atoms with Gasteiger partial charge in [-0.1, -0.05) is 23.7 Å². The van der Waals surface area contributed by atoms with Gasteiger partial charge in [0, 0.05) is 16.3 Å². The Labute approximate surface area is 110 Å². The topological polar surface area (TPSA) is 35.2 Å². The first-order valence-corrected chi connectivity index (χ1v) is 5.97. The SMILES string of the molecule is CCOc1cccc(-c2cc(N)cc(Cl)c2)c1F. The fraction of sp³-hybridized carbons (Fsp3) is 0.143. The summed E-state index contributed by atoms with van der Waals surface area (Å²) in [6.07, 6.45) is 0. The van der Waals surface area contributed by atoms with Crippen molar-refractivity contribution in [2.45, 2.75) is 6.92 Å². The van der Waals surface area contributed by atoms with Crippen molar-refractivity contribution < 1.29 is 9.13 Å². The van der Waals surface area contributed by atoms with Crippen LogP contribution in [0.3, 0.4) is 0 Å². The van der Waals surface area contributed by atoms with Crippen molar-refractivity contribution in [1.82, 2.24) is 0 Å². The van der Waals surface area contributed by atoms with E-state index in [1.54, 1.807) is 36.4 Å². The number of benzene rings is 2. The predicted octanol–water partition coefficient (Wildman–Crippen LogP) is 4.13. The van der Waals surface area contributed by atoms with Crippen LogP contribution < -0.4 is 10.5 Å². The Bertz CT molecular complexity index is 551. The fourth-order valence-electron chi connectivity index (χ4n) is 1.77. The van der Waals surface area contributed by atoms with E-state index in [-0.39, 0.29) is 5.75 Å². The molecule has 0 saturated carbocycles. The summed E-state index contributed by atoms with van der Waals surface area (Å²) in [5.74, 6) is -0.172. The number of hydrogen-bond donors (Lipinski definition) is 1. The minimum absolute atomic E-state index is 0.230. The number of ether oxygens (including phenoxy) is 1. The Morgan fingerprint density at radius 3 is 2.72 bits per heavy atom. The molecule has 0 atom stereocenters. The molecule has 18 heavy (non-hydrogen) atoms. The predicted molar refractivity (Wildman–Crippen MR) is 72.4 cm³/mol. The first-order chi connectivity index (χ1) is 8.61. The van der Waals surface area contributed by atoms with Crippen LogP contribution in [-0.4, -0.2) is 6.61 Å². The second-order valence-corrected chi connectivity index (χ2v) is 4.26. The summed E-state index contributed by atoms with van der Waals surface area (Å²) in [5.41, 5.74) is 7.27. The number of anilines is 1. The average Bonchev–Trinajstić information content (AvgIpc) is 2.31. The van der Waals surface area contributed by atoms with Gasteiger partial charge >= 0.3 is 0 Å². The number of hydrogen-bond acceptors (Lipinski definition) is 2. The zero-order valence-corrected chi connectivity index (χ0v) is 10.7. The van der Waals surface area contributed by atoms with Crippen LogP contribution in [0.15, 0.2) is 36.4 Å². The summed E-state index contributed by atoms with van der Waals surface area (Å²) >= 11 is 5.92. The van der Waals surface area contributed by atoms with E-state index in [0.717, 1.165) is 0 Å². The molecular weight excluding hydrogens is 253 g/mol. The Morgan fingerprint density at radius 2 is 2.06 bits per heavy atom. The van der Waals surface area contributed by atoms with Crippen LogP contribution in [0, 0.1) is 5.82 Å². The van der Waals surface area contributed by atoms with Crippen molar-refractivity contribution in [3.8, 4) is 16.9 Å². The highest BCUT2D eigenvalue weighted by atomic mass is 35.5. The molecule has 0 aliphatic heterocycles. The van der Waals surface area contributed by atoms with Gasteiger partial charge in [-0.15, -0.1) is 0 Å². The molecule has 2 aromatic rings. The molecule has 0 spiro atoms. The van der Waals surface area contributed by atoms with Gasteiger partial charge in [0.15, 0.2) is 11.6 Å². The van der Waals surface area contributed by atoms with Crippen LogP contribution in [0.1, 0.15) is 6.92 Å². The van der Waals surface area contributed by atoms with Crippen molar-refractivity contribution in [2.24, 2.45) is 0 Å². The lowest BCUT2D eigenvalue weighted by atomic mass is 10.0. The molecule has 2 aromatic carbocycles. The molecule has 2 N–H and O–H groups in total. The number of halogens is 2. The summed E-state index contributed by atoms with van der Waals surface area (Å²) in [4.78, 5) is 0.